The van der Waals surface area contributed by atoms with Crippen LogP contribution in [0.5, 0.6) is 0 Å². The molecule has 23 heavy (non-hydrogen) atoms. The molecule has 1 heterocycles. The molecule has 0 atom stereocenters. The minimum Gasteiger partial charge on any atom is -0.371 e. The number of piperidine rings is 1. The highest BCUT2D eigenvalue weighted by Crippen LogP contribution is 2.30. The van der Waals surface area contributed by atoms with Crippen molar-refractivity contribution in [2.45, 2.75) is 38.5 Å². The molecule has 118 valence electrons. The summed E-state index contributed by atoms with van der Waals surface area (Å²) in [7, 11) is 0. The van der Waals surface area contributed by atoms with Crippen molar-refractivity contribution in [3.8, 4) is 6.07 Å². The Bertz CT molecular complexity index is 656. The van der Waals surface area contributed by atoms with Crippen molar-refractivity contribution in [3.63, 3.8) is 0 Å². The van der Waals surface area contributed by atoms with E-state index in [-0.39, 0.29) is 0 Å². The van der Waals surface area contributed by atoms with Gasteiger partial charge in [0.1, 0.15) is 0 Å². The summed E-state index contributed by atoms with van der Waals surface area (Å²) in [6.45, 7) is 4.41. The van der Waals surface area contributed by atoms with Crippen LogP contribution < -0.4 is 4.90 Å². The zero-order chi connectivity index (χ0) is 16.1. The van der Waals surface area contributed by atoms with Crippen LogP contribution in [-0.2, 0) is 6.42 Å². The van der Waals surface area contributed by atoms with Crippen LogP contribution >= 0.6 is 0 Å². The van der Waals surface area contributed by atoms with E-state index in [1.807, 2.05) is 12.1 Å². The lowest BCUT2D eigenvalue weighted by atomic mass is 9.88. The average Bonchev–Trinajstić information content (AvgIpc) is 2.63. The summed E-state index contributed by atoms with van der Waals surface area (Å²) >= 11 is 0. The topological polar surface area (TPSA) is 27.0 Å². The molecular formula is C21H24N2. The van der Waals surface area contributed by atoms with Gasteiger partial charge >= 0.3 is 0 Å². The van der Waals surface area contributed by atoms with Gasteiger partial charge < -0.3 is 4.90 Å². The summed E-state index contributed by atoms with van der Waals surface area (Å²) in [5.74, 6) is 0.681. The van der Waals surface area contributed by atoms with E-state index in [1.54, 1.807) is 0 Å². The molecule has 2 heteroatoms. The van der Waals surface area contributed by atoms with E-state index in [1.165, 1.54) is 42.5 Å². The van der Waals surface area contributed by atoms with Gasteiger partial charge in [0.25, 0.3) is 0 Å². The molecule has 2 nitrogen and oxygen atoms in total. The monoisotopic (exact) mass is 304 g/mol. The number of hydrogen-bond donors (Lipinski definition) is 0. The number of nitrogens with zero attached hydrogens (tertiary/aromatic N) is 2. The SMILES string of the molecule is CCCc1ccc(C2CCN(c3ccc(C#N)cc3)CC2)cc1. The van der Waals surface area contributed by atoms with Crippen LogP contribution in [-0.4, -0.2) is 13.1 Å². The molecule has 1 aliphatic rings. The normalized spacial score (nSPS) is 15.4. The molecule has 0 bridgehead atoms. The Labute approximate surface area is 139 Å². The van der Waals surface area contributed by atoms with Gasteiger partial charge in [-0.05, 0) is 60.6 Å². The molecule has 0 N–H and O–H groups in total. The fourth-order valence-electron chi connectivity index (χ4n) is 3.46. The Morgan fingerprint density at radius 3 is 2.22 bits per heavy atom. The first-order chi connectivity index (χ1) is 11.3. The minimum absolute atomic E-state index is 0.681. The molecule has 0 spiro atoms. The third kappa shape index (κ3) is 3.74. The Morgan fingerprint density at radius 2 is 1.65 bits per heavy atom. The maximum atomic E-state index is 8.89. The summed E-state index contributed by atoms with van der Waals surface area (Å²) in [4.78, 5) is 2.43. The maximum absolute atomic E-state index is 8.89. The van der Waals surface area contributed by atoms with E-state index in [9.17, 15) is 0 Å². The largest absolute Gasteiger partial charge is 0.371 e. The first-order valence-corrected chi connectivity index (χ1v) is 8.64. The van der Waals surface area contributed by atoms with Crippen molar-refractivity contribution in [2.24, 2.45) is 0 Å². The second kappa shape index (κ2) is 7.33. The second-order valence-electron chi connectivity index (χ2n) is 6.41. The predicted molar refractivity (Wildman–Crippen MR) is 95.8 cm³/mol. The molecule has 0 aromatic heterocycles. The smallest absolute Gasteiger partial charge is 0.0991 e. The van der Waals surface area contributed by atoms with Crippen molar-refractivity contribution in [1.29, 1.82) is 5.26 Å². The van der Waals surface area contributed by atoms with E-state index < -0.39 is 0 Å². The third-order valence-corrected chi connectivity index (χ3v) is 4.85. The Kier molecular flexibility index (Phi) is 4.98. The van der Waals surface area contributed by atoms with Crippen LogP contribution in [0, 0.1) is 11.3 Å². The van der Waals surface area contributed by atoms with E-state index in [4.69, 9.17) is 5.26 Å². The fourth-order valence-corrected chi connectivity index (χ4v) is 3.46. The summed E-state index contributed by atoms with van der Waals surface area (Å²) < 4.78 is 0. The van der Waals surface area contributed by atoms with Crippen molar-refractivity contribution in [2.75, 3.05) is 18.0 Å². The number of nitriles is 1. The van der Waals surface area contributed by atoms with Crippen LogP contribution in [0.2, 0.25) is 0 Å². The summed E-state index contributed by atoms with van der Waals surface area (Å²) in [6.07, 6.45) is 4.79. The van der Waals surface area contributed by atoms with Gasteiger partial charge in [-0.1, -0.05) is 37.6 Å². The number of benzene rings is 2. The zero-order valence-electron chi connectivity index (χ0n) is 13.8. The molecule has 1 fully saturated rings. The van der Waals surface area contributed by atoms with Gasteiger partial charge in [-0.15, -0.1) is 0 Å². The van der Waals surface area contributed by atoms with Gasteiger partial charge in [-0.25, -0.2) is 0 Å². The summed E-state index contributed by atoms with van der Waals surface area (Å²) in [5, 5.41) is 8.89. The molecule has 1 aliphatic heterocycles. The number of rotatable bonds is 4. The molecule has 0 saturated carbocycles. The number of hydrogen-bond acceptors (Lipinski definition) is 2. The van der Waals surface area contributed by atoms with Gasteiger partial charge in [0.2, 0.25) is 0 Å². The molecule has 0 aliphatic carbocycles. The lowest BCUT2D eigenvalue weighted by Gasteiger charge is -2.34. The van der Waals surface area contributed by atoms with Crippen molar-refractivity contribution >= 4 is 5.69 Å². The van der Waals surface area contributed by atoms with E-state index in [0.29, 0.717) is 5.92 Å². The van der Waals surface area contributed by atoms with Crippen molar-refractivity contribution in [3.05, 3.63) is 65.2 Å². The molecule has 0 amide bonds. The van der Waals surface area contributed by atoms with E-state index >= 15 is 0 Å². The molecule has 3 rings (SSSR count). The first kappa shape index (κ1) is 15.6. The van der Waals surface area contributed by atoms with Crippen LogP contribution in [0.4, 0.5) is 5.69 Å². The highest BCUT2D eigenvalue weighted by molar-refractivity contribution is 5.50. The molecule has 0 unspecified atom stereocenters. The second-order valence-corrected chi connectivity index (χ2v) is 6.41. The minimum atomic E-state index is 0.681. The first-order valence-electron chi connectivity index (χ1n) is 8.64. The van der Waals surface area contributed by atoms with Gasteiger partial charge in [-0.2, -0.15) is 5.26 Å². The van der Waals surface area contributed by atoms with Crippen LogP contribution in [0.15, 0.2) is 48.5 Å². The van der Waals surface area contributed by atoms with Gasteiger partial charge in [0.15, 0.2) is 0 Å². The van der Waals surface area contributed by atoms with Crippen LogP contribution in [0.3, 0.4) is 0 Å². The highest BCUT2D eigenvalue weighted by atomic mass is 15.1. The lowest BCUT2D eigenvalue weighted by molar-refractivity contribution is 0.505. The third-order valence-electron chi connectivity index (χ3n) is 4.85. The standard InChI is InChI=1S/C21H24N2/c1-2-3-17-4-8-19(9-5-17)20-12-14-23(15-13-20)21-10-6-18(16-22)7-11-21/h4-11,20H,2-3,12-15H2,1H3. The van der Waals surface area contributed by atoms with E-state index in [2.05, 4.69) is 54.3 Å². The molecule has 2 aromatic carbocycles. The highest BCUT2D eigenvalue weighted by Gasteiger charge is 2.20. The van der Waals surface area contributed by atoms with E-state index in [0.717, 1.165) is 18.7 Å². The number of aryl methyl sites for hydroxylation is 1. The van der Waals surface area contributed by atoms with Gasteiger partial charge in [0.05, 0.1) is 11.6 Å². The quantitative estimate of drug-likeness (QED) is 0.803. The Morgan fingerprint density at radius 1 is 1.00 bits per heavy atom. The van der Waals surface area contributed by atoms with Crippen LogP contribution in [0.25, 0.3) is 0 Å². The Hall–Kier alpha value is -2.27. The molecule has 0 radical (unpaired) electrons. The summed E-state index contributed by atoms with van der Waals surface area (Å²) in [6, 6.07) is 19.4. The van der Waals surface area contributed by atoms with Crippen molar-refractivity contribution in [1.82, 2.24) is 0 Å². The lowest BCUT2D eigenvalue weighted by Crippen LogP contribution is -2.32. The van der Waals surface area contributed by atoms with Crippen molar-refractivity contribution < 1.29 is 0 Å². The Balaban J connectivity index is 1.60. The number of anilines is 1. The zero-order valence-corrected chi connectivity index (χ0v) is 13.8. The molecule has 1 saturated heterocycles. The molecule has 2 aromatic rings. The molecular weight excluding hydrogens is 280 g/mol. The maximum Gasteiger partial charge on any atom is 0.0991 e. The fraction of sp³-hybridized carbons (Fsp3) is 0.381. The van der Waals surface area contributed by atoms with Crippen LogP contribution in [0.1, 0.15) is 48.8 Å². The average molecular weight is 304 g/mol. The van der Waals surface area contributed by atoms with Gasteiger partial charge in [-0.3, -0.25) is 0 Å². The predicted octanol–water partition coefficient (Wildman–Crippen LogP) is 4.89. The van der Waals surface area contributed by atoms with Gasteiger partial charge in [0, 0.05) is 18.8 Å². The summed E-state index contributed by atoms with van der Waals surface area (Å²) in [5.41, 5.74) is 4.91.